The molecule has 4 heterocycles. The molecule has 5 rings (SSSR count). The molecule has 3 aromatic heterocycles. The molecule has 4 aromatic rings. The highest BCUT2D eigenvalue weighted by atomic mass is 19.1. The van der Waals surface area contributed by atoms with E-state index >= 15 is 0 Å². The van der Waals surface area contributed by atoms with Crippen molar-refractivity contribution in [2.24, 2.45) is 0 Å². The lowest BCUT2D eigenvalue weighted by atomic mass is 9.98. The summed E-state index contributed by atoms with van der Waals surface area (Å²) in [5.74, 6) is 0.410. The van der Waals surface area contributed by atoms with Gasteiger partial charge in [-0.1, -0.05) is 18.2 Å². The van der Waals surface area contributed by atoms with Crippen LogP contribution in [0.4, 0.5) is 14.6 Å². The summed E-state index contributed by atoms with van der Waals surface area (Å²) in [5.41, 5.74) is 1.70. The normalized spacial score (nSPS) is 15.9. The van der Waals surface area contributed by atoms with Crippen LogP contribution in [0, 0.1) is 5.82 Å². The average molecular weight is 510 g/mol. The van der Waals surface area contributed by atoms with Gasteiger partial charge in [-0.05, 0) is 26.0 Å². The molecule has 1 saturated heterocycles. The number of aliphatic hydroxyl groups is 2. The fourth-order valence-electron chi connectivity index (χ4n) is 4.43. The predicted molar refractivity (Wildman–Crippen MR) is 135 cm³/mol. The molecule has 1 fully saturated rings. The Morgan fingerprint density at radius 2 is 1.81 bits per heavy atom. The maximum absolute atomic E-state index is 14.1. The second kappa shape index (κ2) is 10.1. The SMILES string of the molecule is CC(C)(O)[C@H](O)c1cc2nc(-c3cnn(CF)c3)c(N3CCN(Cc4ccccc4F)CC3)nc2cn1. The summed E-state index contributed by atoms with van der Waals surface area (Å²) >= 11 is 0. The number of piperazine rings is 1. The molecule has 11 heteroatoms. The Kier molecular flexibility index (Phi) is 6.84. The first-order chi connectivity index (χ1) is 17.7. The van der Waals surface area contributed by atoms with Gasteiger partial charge in [0.15, 0.2) is 12.6 Å². The zero-order valence-corrected chi connectivity index (χ0v) is 20.7. The van der Waals surface area contributed by atoms with E-state index in [4.69, 9.17) is 9.97 Å². The van der Waals surface area contributed by atoms with Crippen LogP contribution in [0.25, 0.3) is 22.3 Å². The average Bonchev–Trinajstić information content (AvgIpc) is 3.38. The minimum Gasteiger partial charge on any atom is -0.387 e. The number of nitrogens with zero attached hydrogens (tertiary/aromatic N) is 7. The lowest BCUT2D eigenvalue weighted by Crippen LogP contribution is -2.46. The van der Waals surface area contributed by atoms with E-state index in [1.807, 2.05) is 6.07 Å². The Morgan fingerprint density at radius 1 is 1.05 bits per heavy atom. The molecule has 0 bridgehead atoms. The van der Waals surface area contributed by atoms with Crippen molar-refractivity contribution in [1.82, 2.24) is 29.6 Å². The summed E-state index contributed by atoms with van der Waals surface area (Å²) < 4.78 is 28.5. The van der Waals surface area contributed by atoms with Gasteiger partial charge in [0.05, 0.1) is 29.2 Å². The largest absolute Gasteiger partial charge is 0.387 e. The summed E-state index contributed by atoms with van der Waals surface area (Å²) in [7, 11) is 0. The highest BCUT2D eigenvalue weighted by Gasteiger charge is 2.28. The van der Waals surface area contributed by atoms with Crippen molar-refractivity contribution in [2.75, 3.05) is 31.1 Å². The predicted octanol–water partition coefficient (Wildman–Crippen LogP) is 3.08. The van der Waals surface area contributed by atoms with Crippen molar-refractivity contribution in [3.8, 4) is 11.3 Å². The van der Waals surface area contributed by atoms with Gasteiger partial charge < -0.3 is 15.1 Å². The second-order valence-corrected chi connectivity index (χ2v) is 9.79. The number of fused-ring (bicyclic) bond motifs is 1. The van der Waals surface area contributed by atoms with Crippen LogP contribution in [0.1, 0.15) is 31.2 Å². The molecule has 0 aliphatic carbocycles. The monoisotopic (exact) mass is 509 g/mol. The smallest absolute Gasteiger partial charge is 0.181 e. The van der Waals surface area contributed by atoms with Crippen molar-refractivity contribution in [3.63, 3.8) is 0 Å². The van der Waals surface area contributed by atoms with Crippen LogP contribution in [0.5, 0.6) is 0 Å². The van der Waals surface area contributed by atoms with Crippen molar-refractivity contribution < 1.29 is 19.0 Å². The van der Waals surface area contributed by atoms with E-state index in [1.54, 1.807) is 30.6 Å². The molecule has 2 N–H and O–H groups in total. The fraction of sp³-hybridized carbons (Fsp3) is 0.385. The molecule has 0 unspecified atom stereocenters. The van der Waals surface area contributed by atoms with Crippen LogP contribution in [-0.4, -0.2) is 71.6 Å². The van der Waals surface area contributed by atoms with Crippen LogP contribution in [-0.2, 0) is 13.3 Å². The summed E-state index contributed by atoms with van der Waals surface area (Å²) in [6.45, 7) is 5.44. The summed E-state index contributed by atoms with van der Waals surface area (Å²) in [6.07, 6.45) is 3.43. The van der Waals surface area contributed by atoms with Gasteiger partial charge in [-0.25, -0.2) is 23.4 Å². The molecule has 0 amide bonds. The van der Waals surface area contributed by atoms with Crippen LogP contribution >= 0.6 is 0 Å². The molecule has 0 saturated carbocycles. The van der Waals surface area contributed by atoms with E-state index in [0.717, 1.165) is 0 Å². The standard InChI is InChI=1S/C26H29F2N7O2/c1-26(2,37)24(36)21-11-20-22(13-29-21)32-25(23(31-20)18-12-30-35(15-18)16-27)34-9-7-33(8-10-34)14-17-5-3-4-6-19(17)28/h3-6,11-13,15,24,36-37H,7-10,14,16H2,1-2H3/t24-/m1/s1. The number of alkyl halides is 1. The van der Waals surface area contributed by atoms with Gasteiger partial charge in [-0.2, -0.15) is 5.10 Å². The summed E-state index contributed by atoms with van der Waals surface area (Å²) in [4.78, 5) is 18.3. The van der Waals surface area contributed by atoms with Crippen LogP contribution < -0.4 is 4.90 Å². The van der Waals surface area contributed by atoms with E-state index in [0.29, 0.717) is 66.4 Å². The van der Waals surface area contributed by atoms with Crippen molar-refractivity contribution in [3.05, 3.63) is 66.0 Å². The van der Waals surface area contributed by atoms with Gasteiger partial charge in [-0.3, -0.25) is 9.88 Å². The van der Waals surface area contributed by atoms with Gasteiger partial charge >= 0.3 is 0 Å². The van der Waals surface area contributed by atoms with Gasteiger partial charge in [0.1, 0.15) is 23.1 Å². The van der Waals surface area contributed by atoms with E-state index in [1.165, 1.54) is 30.8 Å². The number of aromatic nitrogens is 5. The van der Waals surface area contributed by atoms with Crippen molar-refractivity contribution in [2.45, 2.75) is 38.9 Å². The van der Waals surface area contributed by atoms with Crippen LogP contribution in [0.2, 0.25) is 0 Å². The third-order valence-electron chi connectivity index (χ3n) is 6.56. The zero-order valence-electron chi connectivity index (χ0n) is 20.7. The van der Waals surface area contributed by atoms with Crippen molar-refractivity contribution >= 4 is 16.9 Å². The van der Waals surface area contributed by atoms with Crippen LogP contribution in [0.15, 0.2) is 48.9 Å². The summed E-state index contributed by atoms with van der Waals surface area (Å²) in [6, 6.07) is 8.39. The number of hydrogen-bond acceptors (Lipinski definition) is 8. The van der Waals surface area contributed by atoms with E-state index < -0.39 is 18.5 Å². The quantitative estimate of drug-likeness (QED) is 0.392. The molecule has 0 radical (unpaired) electrons. The zero-order chi connectivity index (χ0) is 26.2. The maximum Gasteiger partial charge on any atom is 0.181 e. The first kappa shape index (κ1) is 25.1. The number of aliphatic hydroxyl groups excluding tert-OH is 1. The van der Waals surface area contributed by atoms with Crippen LogP contribution in [0.3, 0.4) is 0 Å². The molecular weight excluding hydrogens is 480 g/mol. The second-order valence-electron chi connectivity index (χ2n) is 9.79. The third-order valence-corrected chi connectivity index (χ3v) is 6.56. The van der Waals surface area contributed by atoms with Gasteiger partial charge in [0, 0.05) is 50.0 Å². The molecular formula is C26H29F2N7O2. The number of anilines is 1. The van der Waals surface area contributed by atoms with Crippen molar-refractivity contribution in [1.29, 1.82) is 0 Å². The Morgan fingerprint density at radius 3 is 2.49 bits per heavy atom. The number of rotatable bonds is 7. The third kappa shape index (κ3) is 5.29. The minimum atomic E-state index is -1.39. The fourth-order valence-corrected chi connectivity index (χ4v) is 4.43. The number of hydrogen-bond donors (Lipinski definition) is 2. The molecule has 194 valence electrons. The molecule has 1 aliphatic heterocycles. The van der Waals surface area contributed by atoms with E-state index in [-0.39, 0.29) is 11.5 Å². The Hall–Kier alpha value is -3.54. The highest BCUT2D eigenvalue weighted by Crippen LogP contribution is 2.32. The summed E-state index contributed by atoms with van der Waals surface area (Å²) in [5, 5.41) is 24.8. The van der Waals surface area contributed by atoms with E-state index in [2.05, 4.69) is 19.9 Å². The highest BCUT2D eigenvalue weighted by molar-refractivity contribution is 5.83. The Balaban J connectivity index is 1.46. The Labute approximate surface area is 213 Å². The first-order valence-electron chi connectivity index (χ1n) is 12.1. The van der Waals surface area contributed by atoms with Gasteiger partial charge in [0.25, 0.3) is 0 Å². The lowest BCUT2D eigenvalue weighted by molar-refractivity contribution is -0.0516. The lowest BCUT2D eigenvalue weighted by Gasteiger charge is -2.36. The number of benzene rings is 1. The minimum absolute atomic E-state index is 0.209. The first-order valence-corrected chi connectivity index (χ1v) is 12.1. The molecule has 1 aromatic carbocycles. The molecule has 1 aliphatic rings. The maximum atomic E-state index is 14.1. The molecule has 1 atom stereocenters. The molecule has 0 spiro atoms. The van der Waals surface area contributed by atoms with Gasteiger partial charge in [0.2, 0.25) is 0 Å². The number of pyridine rings is 1. The molecule has 9 nitrogen and oxygen atoms in total. The van der Waals surface area contributed by atoms with Gasteiger partial charge in [-0.15, -0.1) is 0 Å². The Bertz CT molecular complexity index is 1400. The number of halogens is 2. The van der Waals surface area contributed by atoms with E-state index in [9.17, 15) is 19.0 Å². The molecule has 37 heavy (non-hydrogen) atoms. The topological polar surface area (TPSA) is 103 Å².